The lowest BCUT2D eigenvalue weighted by molar-refractivity contribution is 0.471. The van der Waals surface area contributed by atoms with Gasteiger partial charge >= 0.3 is 0 Å². The Kier molecular flexibility index (Phi) is 1.50. The van der Waals surface area contributed by atoms with Gasteiger partial charge < -0.3 is 10.8 Å². The van der Waals surface area contributed by atoms with E-state index in [4.69, 9.17) is 10.8 Å². The predicted molar refractivity (Wildman–Crippen MR) is 33.9 cm³/mol. The van der Waals surface area contributed by atoms with Crippen LogP contribution in [0, 0.1) is 0 Å². The van der Waals surface area contributed by atoms with Crippen molar-refractivity contribution in [1.29, 1.82) is 0 Å². The smallest absolute Gasteiger partial charge is 0.130 e. The maximum atomic E-state index is 8.88. The zero-order valence-electron chi connectivity index (χ0n) is 4.29. The monoisotopic (exact) mass is 129 g/mol. The quantitative estimate of drug-likeness (QED) is 0.592. The van der Waals surface area contributed by atoms with E-state index in [1.807, 2.05) is 5.38 Å². The van der Waals surface area contributed by atoms with Gasteiger partial charge in [-0.3, -0.25) is 0 Å². The number of rotatable bonds is 1. The van der Waals surface area contributed by atoms with Crippen molar-refractivity contribution in [3.8, 4) is 5.75 Å². The first-order valence-electron chi connectivity index (χ1n) is 2.28. The predicted octanol–water partition coefficient (Wildman–Crippen LogP) is 0.912. The molecule has 44 valence electrons. The normalized spacial score (nSPS) is 9.62. The molecule has 0 atom stereocenters. The summed E-state index contributed by atoms with van der Waals surface area (Å²) in [5.74, 6) is 0.317. The fraction of sp³-hybridized carbons (Fsp3) is 0.200. The zero-order valence-corrected chi connectivity index (χ0v) is 5.11. The second-order valence-electron chi connectivity index (χ2n) is 1.49. The highest BCUT2D eigenvalue weighted by atomic mass is 32.1. The molecule has 0 bridgehead atoms. The van der Waals surface area contributed by atoms with Gasteiger partial charge in [-0.1, -0.05) is 0 Å². The molecule has 2 nitrogen and oxygen atoms in total. The molecule has 0 aliphatic carbocycles. The lowest BCUT2D eigenvalue weighted by Crippen LogP contribution is -1.93. The summed E-state index contributed by atoms with van der Waals surface area (Å²) in [4.78, 5) is 0. The van der Waals surface area contributed by atoms with Crippen LogP contribution in [0.3, 0.4) is 0 Å². The average molecular weight is 129 g/mol. The van der Waals surface area contributed by atoms with Crippen molar-refractivity contribution >= 4 is 11.3 Å². The molecule has 1 aromatic heterocycles. The third-order valence-corrected chi connectivity index (χ3v) is 1.72. The van der Waals surface area contributed by atoms with Crippen molar-refractivity contribution in [2.75, 3.05) is 0 Å². The second kappa shape index (κ2) is 2.15. The Labute approximate surface area is 51.6 Å². The molecular formula is C5H7NOS. The molecule has 0 saturated carbocycles. The van der Waals surface area contributed by atoms with Crippen molar-refractivity contribution in [2.45, 2.75) is 6.54 Å². The van der Waals surface area contributed by atoms with Crippen LogP contribution in [-0.2, 0) is 6.54 Å². The van der Waals surface area contributed by atoms with Gasteiger partial charge in [-0.25, -0.2) is 0 Å². The first-order valence-corrected chi connectivity index (χ1v) is 3.23. The highest BCUT2D eigenvalue weighted by Gasteiger charge is 1.95. The van der Waals surface area contributed by atoms with Crippen LogP contribution in [0.1, 0.15) is 5.56 Å². The summed E-state index contributed by atoms with van der Waals surface area (Å²) in [6, 6.07) is 0. The molecule has 0 saturated heterocycles. The van der Waals surface area contributed by atoms with Crippen LogP contribution in [0.15, 0.2) is 10.8 Å². The third kappa shape index (κ3) is 0.827. The average Bonchev–Trinajstić information content (AvgIpc) is 2.14. The third-order valence-electron chi connectivity index (χ3n) is 0.939. The Morgan fingerprint density at radius 3 is 2.62 bits per heavy atom. The summed E-state index contributed by atoms with van der Waals surface area (Å²) >= 11 is 1.46. The van der Waals surface area contributed by atoms with Crippen LogP contribution in [-0.4, -0.2) is 5.11 Å². The number of aromatic hydroxyl groups is 1. The van der Waals surface area contributed by atoms with E-state index < -0.39 is 0 Å². The van der Waals surface area contributed by atoms with E-state index >= 15 is 0 Å². The Hall–Kier alpha value is -0.540. The summed E-state index contributed by atoms with van der Waals surface area (Å²) in [7, 11) is 0. The molecule has 1 rings (SSSR count). The molecule has 0 radical (unpaired) electrons. The van der Waals surface area contributed by atoms with Gasteiger partial charge in [0.05, 0.1) is 0 Å². The lowest BCUT2D eigenvalue weighted by Gasteiger charge is -1.87. The van der Waals surface area contributed by atoms with Crippen LogP contribution in [0.2, 0.25) is 0 Å². The lowest BCUT2D eigenvalue weighted by atomic mass is 10.3. The molecule has 0 aliphatic rings. The molecule has 0 aromatic carbocycles. The van der Waals surface area contributed by atoms with E-state index in [0.29, 0.717) is 12.3 Å². The fourth-order valence-corrected chi connectivity index (χ4v) is 1.20. The number of nitrogens with two attached hydrogens (primary N) is 1. The van der Waals surface area contributed by atoms with E-state index in [2.05, 4.69) is 0 Å². The van der Waals surface area contributed by atoms with Crippen LogP contribution in [0.4, 0.5) is 0 Å². The van der Waals surface area contributed by atoms with Gasteiger partial charge in [0.1, 0.15) is 5.75 Å². The summed E-state index contributed by atoms with van der Waals surface area (Å²) in [6.45, 7) is 0.426. The Morgan fingerprint density at radius 2 is 2.38 bits per heavy atom. The number of hydrogen-bond acceptors (Lipinski definition) is 3. The molecule has 1 aromatic rings. The molecule has 0 amide bonds. The molecule has 0 unspecified atom stereocenters. The van der Waals surface area contributed by atoms with Crippen LogP contribution >= 0.6 is 11.3 Å². The maximum Gasteiger partial charge on any atom is 0.130 e. The van der Waals surface area contributed by atoms with Crippen LogP contribution in [0.5, 0.6) is 5.75 Å². The van der Waals surface area contributed by atoms with Crippen LogP contribution < -0.4 is 5.73 Å². The topological polar surface area (TPSA) is 46.2 Å². The molecule has 3 heteroatoms. The Balaban J connectivity index is 2.92. The highest BCUT2D eigenvalue weighted by Crippen LogP contribution is 2.20. The number of hydrogen-bond donors (Lipinski definition) is 2. The van der Waals surface area contributed by atoms with Gasteiger partial charge in [-0.15, -0.1) is 11.3 Å². The maximum absolute atomic E-state index is 8.88. The van der Waals surface area contributed by atoms with Crippen molar-refractivity contribution in [3.63, 3.8) is 0 Å². The van der Waals surface area contributed by atoms with E-state index in [9.17, 15) is 0 Å². The van der Waals surface area contributed by atoms with Gasteiger partial charge in [0, 0.05) is 17.5 Å². The van der Waals surface area contributed by atoms with Crippen molar-refractivity contribution < 1.29 is 5.11 Å². The van der Waals surface area contributed by atoms with E-state index in [-0.39, 0.29) is 0 Å². The van der Waals surface area contributed by atoms with E-state index in [1.54, 1.807) is 5.38 Å². The summed E-state index contributed by atoms with van der Waals surface area (Å²) in [5, 5.41) is 12.4. The first kappa shape index (κ1) is 5.59. The van der Waals surface area contributed by atoms with Gasteiger partial charge in [0.15, 0.2) is 0 Å². The van der Waals surface area contributed by atoms with Gasteiger partial charge in [0.2, 0.25) is 0 Å². The number of thiophene rings is 1. The van der Waals surface area contributed by atoms with Gasteiger partial charge in [-0.05, 0) is 5.38 Å². The summed E-state index contributed by atoms with van der Waals surface area (Å²) in [6.07, 6.45) is 0. The first-order chi connectivity index (χ1) is 3.84. The SMILES string of the molecule is NCc1cscc1O. The van der Waals surface area contributed by atoms with Crippen LogP contribution in [0.25, 0.3) is 0 Å². The highest BCUT2D eigenvalue weighted by molar-refractivity contribution is 7.08. The minimum atomic E-state index is 0.317. The second-order valence-corrected chi connectivity index (χ2v) is 2.23. The Bertz CT molecular complexity index is 173. The van der Waals surface area contributed by atoms with Crippen molar-refractivity contribution in [1.82, 2.24) is 0 Å². The van der Waals surface area contributed by atoms with Crippen molar-refractivity contribution in [2.24, 2.45) is 5.73 Å². The largest absolute Gasteiger partial charge is 0.507 e. The van der Waals surface area contributed by atoms with Crippen molar-refractivity contribution in [3.05, 3.63) is 16.3 Å². The molecule has 0 fully saturated rings. The molecule has 0 aliphatic heterocycles. The standard InChI is InChI=1S/C5H7NOS/c6-1-4-2-8-3-5(4)7/h2-3,7H,1,6H2. The molecule has 3 N–H and O–H groups in total. The summed E-state index contributed by atoms with van der Waals surface area (Å²) in [5.41, 5.74) is 6.07. The molecule has 0 spiro atoms. The minimum Gasteiger partial charge on any atom is -0.507 e. The minimum absolute atomic E-state index is 0.317. The summed E-state index contributed by atoms with van der Waals surface area (Å²) < 4.78 is 0. The van der Waals surface area contributed by atoms with E-state index in [0.717, 1.165) is 5.56 Å². The molecular weight excluding hydrogens is 122 g/mol. The van der Waals surface area contributed by atoms with Gasteiger partial charge in [0.25, 0.3) is 0 Å². The Morgan fingerprint density at radius 1 is 1.62 bits per heavy atom. The fourth-order valence-electron chi connectivity index (χ4n) is 0.469. The molecule has 1 heterocycles. The molecule has 8 heavy (non-hydrogen) atoms. The van der Waals surface area contributed by atoms with E-state index in [1.165, 1.54) is 11.3 Å². The zero-order chi connectivity index (χ0) is 5.98. The van der Waals surface area contributed by atoms with Gasteiger partial charge in [-0.2, -0.15) is 0 Å².